The second-order valence-corrected chi connectivity index (χ2v) is 7.17. The van der Waals surface area contributed by atoms with Crippen LogP contribution in [-0.2, 0) is 7.05 Å². The number of furan rings is 1. The monoisotopic (exact) mass is 341 g/mol. The molecule has 3 heteroatoms. The summed E-state index contributed by atoms with van der Waals surface area (Å²) in [6.45, 7) is 6.38. The molecule has 0 radical (unpaired) electrons. The Morgan fingerprint density at radius 2 is 1.88 bits per heavy atom. The van der Waals surface area contributed by atoms with E-state index in [9.17, 15) is 5.26 Å². The number of benzene rings is 2. The van der Waals surface area contributed by atoms with Crippen LogP contribution in [-0.4, -0.2) is 0 Å². The molecule has 0 saturated heterocycles. The molecule has 0 fully saturated rings. The Kier molecular flexibility index (Phi) is 3.77. The fourth-order valence-electron chi connectivity index (χ4n) is 3.54. The molecule has 2 aromatic carbocycles. The van der Waals surface area contributed by atoms with Crippen LogP contribution in [0.1, 0.15) is 36.5 Å². The van der Waals surface area contributed by atoms with Gasteiger partial charge in [0.15, 0.2) is 11.8 Å². The van der Waals surface area contributed by atoms with Crippen LogP contribution >= 0.6 is 0 Å². The summed E-state index contributed by atoms with van der Waals surface area (Å²) in [5.41, 5.74) is 6.76. The van der Waals surface area contributed by atoms with E-state index in [0.717, 1.165) is 33.2 Å². The average molecular weight is 341 g/mol. The van der Waals surface area contributed by atoms with Gasteiger partial charge in [-0.25, -0.2) is 4.57 Å². The highest BCUT2D eigenvalue weighted by Crippen LogP contribution is 2.36. The number of aromatic nitrogens is 1. The maximum atomic E-state index is 9.58. The second-order valence-electron chi connectivity index (χ2n) is 7.17. The molecule has 4 rings (SSSR count). The summed E-state index contributed by atoms with van der Waals surface area (Å²) in [4.78, 5) is 0. The minimum Gasteiger partial charge on any atom is -0.455 e. The maximum absolute atomic E-state index is 9.58. The minimum absolute atomic E-state index is 0.355. The molecule has 0 saturated carbocycles. The van der Waals surface area contributed by atoms with E-state index in [4.69, 9.17) is 4.42 Å². The van der Waals surface area contributed by atoms with Gasteiger partial charge in [0.05, 0.1) is 5.56 Å². The van der Waals surface area contributed by atoms with Crippen LogP contribution in [0.15, 0.2) is 53.1 Å². The standard InChI is InChI=1S/C23H21N2O/c1-14(2)16-10-17(13-24)23-20(11-16)19-12-18(15(3)9-22(19)26-23)21-7-5-6-8-25(21)4/h5-12,14H,1-4H3/q+1. The Labute approximate surface area is 153 Å². The third-order valence-corrected chi connectivity index (χ3v) is 5.06. The zero-order valence-corrected chi connectivity index (χ0v) is 15.5. The number of rotatable bonds is 2. The summed E-state index contributed by atoms with van der Waals surface area (Å²) in [6, 6.07) is 16.9. The average Bonchev–Trinajstić information content (AvgIpc) is 2.98. The molecule has 3 nitrogen and oxygen atoms in total. The summed E-state index contributed by atoms with van der Waals surface area (Å²) < 4.78 is 8.20. The van der Waals surface area contributed by atoms with Gasteiger partial charge in [-0.2, -0.15) is 5.26 Å². The quantitative estimate of drug-likeness (QED) is 0.459. The van der Waals surface area contributed by atoms with Gasteiger partial charge < -0.3 is 4.42 Å². The smallest absolute Gasteiger partial charge is 0.212 e. The van der Waals surface area contributed by atoms with Crippen molar-refractivity contribution >= 4 is 21.9 Å². The molecular weight excluding hydrogens is 320 g/mol. The molecular formula is C23H21N2O+. The van der Waals surface area contributed by atoms with Crippen LogP contribution in [0.5, 0.6) is 0 Å². The van der Waals surface area contributed by atoms with Crippen molar-refractivity contribution in [2.24, 2.45) is 7.05 Å². The van der Waals surface area contributed by atoms with Crippen molar-refractivity contribution in [3.8, 4) is 17.3 Å². The third-order valence-electron chi connectivity index (χ3n) is 5.06. The van der Waals surface area contributed by atoms with Crippen LogP contribution in [0, 0.1) is 18.3 Å². The van der Waals surface area contributed by atoms with E-state index >= 15 is 0 Å². The van der Waals surface area contributed by atoms with Crippen molar-refractivity contribution in [1.82, 2.24) is 0 Å². The number of pyridine rings is 1. The summed E-state index contributed by atoms with van der Waals surface area (Å²) >= 11 is 0. The highest BCUT2D eigenvalue weighted by molar-refractivity contribution is 6.08. The number of hydrogen-bond acceptors (Lipinski definition) is 2. The minimum atomic E-state index is 0.355. The van der Waals surface area contributed by atoms with Gasteiger partial charge in [0.2, 0.25) is 5.69 Å². The zero-order chi connectivity index (χ0) is 18.4. The van der Waals surface area contributed by atoms with E-state index < -0.39 is 0 Å². The predicted molar refractivity (Wildman–Crippen MR) is 104 cm³/mol. The lowest BCUT2D eigenvalue weighted by molar-refractivity contribution is -0.660. The molecule has 4 aromatic rings. The zero-order valence-electron chi connectivity index (χ0n) is 15.5. The molecule has 0 atom stereocenters. The molecule has 0 bridgehead atoms. The van der Waals surface area contributed by atoms with Gasteiger partial charge in [-0.05, 0) is 54.3 Å². The normalized spacial score (nSPS) is 11.4. The summed E-state index contributed by atoms with van der Waals surface area (Å²) in [6.07, 6.45) is 2.05. The number of nitrogens with zero attached hydrogens (tertiary/aromatic N) is 2. The second kappa shape index (κ2) is 6.00. The number of fused-ring (bicyclic) bond motifs is 3. The SMILES string of the molecule is Cc1cc2oc3c(C#N)cc(C(C)C)cc3c2cc1-c1cccc[n+]1C. The molecule has 128 valence electrons. The lowest BCUT2D eigenvalue weighted by atomic mass is 9.96. The van der Waals surface area contributed by atoms with Crippen molar-refractivity contribution in [1.29, 1.82) is 5.26 Å². The van der Waals surface area contributed by atoms with Gasteiger partial charge >= 0.3 is 0 Å². The van der Waals surface area contributed by atoms with E-state index in [1.807, 2.05) is 12.1 Å². The highest BCUT2D eigenvalue weighted by atomic mass is 16.3. The molecule has 0 unspecified atom stereocenters. The van der Waals surface area contributed by atoms with E-state index in [0.29, 0.717) is 17.1 Å². The Balaban J connectivity index is 2.09. The van der Waals surface area contributed by atoms with Crippen molar-refractivity contribution in [3.63, 3.8) is 0 Å². The van der Waals surface area contributed by atoms with Gasteiger partial charge in [0, 0.05) is 28.5 Å². The number of hydrogen-bond donors (Lipinski definition) is 0. The molecule has 0 aliphatic rings. The Morgan fingerprint density at radius 1 is 1.08 bits per heavy atom. The van der Waals surface area contributed by atoms with Crippen LogP contribution < -0.4 is 4.57 Å². The molecule has 0 N–H and O–H groups in total. The maximum Gasteiger partial charge on any atom is 0.212 e. The third kappa shape index (κ3) is 2.46. The molecule has 0 aliphatic carbocycles. The van der Waals surface area contributed by atoms with Gasteiger partial charge in [-0.15, -0.1) is 0 Å². The van der Waals surface area contributed by atoms with Gasteiger partial charge in [-0.3, -0.25) is 0 Å². The summed E-state index contributed by atoms with van der Waals surface area (Å²) in [5.74, 6) is 0.355. The molecule has 2 heterocycles. The largest absolute Gasteiger partial charge is 0.455 e. The molecule has 0 amide bonds. The lowest BCUT2D eigenvalue weighted by Crippen LogP contribution is -2.30. The number of aryl methyl sites for hydroxylation is 2. The molecule has 0 aliphatic heterocycles. The van der Waals surface area contributed by atoms with Gasteiger partial charge in [0.25, 0.3) is 0 Å². The Hall–Kier alpha value is -3.12. The first kappa shape index (κ1) is 16.4. The molecule has 2 aromatic heterocycles. The van der Waals surface area contributed by atoms with E-state index in [-0.39, 0.29) is 0 Å². The van der Waals surface area contributed by atoms with Crippen molar-refractivity contribution in [2.45, 2.75) is 26.7 Å². The highest BCUT2D eigenvalue weighted by Gasteiger charge is 2.18. The number of nitriles is 1. The Bertz CT molecular complexity index is 1190. The van der Waals surface area contributed by atoms with Gasteiger partial charge in [-0.1, -0.05) is 13.8 Å². The van der Waals surface area contributed by atoms with E-state index in [1.54, 1.807) is 0 Å². The first-order valence-electron chi connectivity index (χ1n) is 8.85. The van der Waals surface area contributed by atoms with Crippen LogP contribution in [0.25, 0.3) is 33.2 Å². The molecule has 26 heavy (non-hydrogen) atoms. The summed E-state index contributed by atoms with van der Waals surface area (Å²) in [5, 5.41) is 11.7. The van der Waals surface area contributed by atoms with Crippen molar-refractivity contribution in [3.05, 3.63) is 65.4 Å². The first-order chi connectivity index (χ1) is 12.5. The summed E-state index contributed by atoms with van der Waals surface area (Å²) in [7, 11) is 2.05. The van der Waals surface area contributed by atoms with E-state index in [1.165, 1.54) is 5.56 Å². The van der Waals surface area contributed by atoms with Crippen LogP contribution in [0.3, 0.4) is 0 Å². The fraction of sp³-hybridized carbons (Fsp3) is 0.217. The van der Waals surface area contributed by atoms with E-state index in [2.05, 4.69) is 75.0 Å². The first-order valence-corrected chi connectivity index (χ1v) is 8.85. The van der Waals surface area contributed by atoms with Crippen molar-refractivity contribution < 1.29 is 8.98 Å². The lowest BCUT2D eigenvalue weighted by Gasteiger charge is -2.06. The predicted octanol–water partition coefficient (Wildman–Crippen LogP) is 5.38. The van der Waals surface area contributed by atoms with Crippen LogP contribution in [0.4, 0.5) is 0 Å². The van der Waals surface area contributed by atoms with Gasteiger partial charge in [0.1, 0.15) is 18.7 Å². The Morgan fingerprint density at radius 3 is 2.58 bits per heavy atom. The molecule has 0 spiro atoms. The van der Waals surface area contributed by atoms with Crippen molar-refractivity contribution in [2.75, 3.05) is 0 Å². The fourth-order valence-corrected chi connectivity index (χ4v) is 3.54. The topological polar surface area (TPSA) is 40.8 Å². The van der Waals surface area contributed by atoms with Crippen LogP contribution in [0.2, 0.25) is 0 Å².